The first-order chi connectivity index (χ1) is 11.6. The Morgan fingerprint density at radius 2 is 2.25 bits per heavy atom. The molecule has 0 saturated carbocycles. The van der Waals surface area contributed by atoms with E-state index in [1.54, 1.807) is 25.6 Å². The molecule has 24 heavy (non-hydrogen) atoms. The minimum Gasteiger partial charge on any atom is -0.497 e. The van der Waals surface area contributed by atoms with Crippen LogP contribution in [0.25, 0.3) is 0 Å². The Balaban J connectivity index is 1.96. The molecule has 1 aromatic carbocycles. The largest absolute Gasteiger partial charge is 0.497 e. The summed E-state index contributed by atoms with van der Waals surface area (Å²) in [4.78, 5) is 19.8. The van der Waals surface area contributed by atoms with Gasteiger partial charge in [0.25, 0.3) is 5.91 Å². The summed E-state index contributed by atoms with van der Waals surface area (Å²) in [6.45, 7) is 0. The van der Waals surface area contributed by atoms with Gasteiger partial charge in [0.1, 0.15) is 23.3 Å². The molecule has 7 heteroatoms. The summed E-state index contributed by atoms with van der Waals surface area (Å²) in [5, 5.41) is 3.47. The number of carbonyl (C=O) groups is 1. The molecule has 2 N–H and O–H groups in total. The molecule has 124 valence electrons. The maximum Gasteiger partial charge on any atom is 0.268 e. The number of carbonyl (C=O) groups excluding carboxylic acids is 1. The Morgan fingerprint density at radius 1 is 1.42 bits per heavy atom. The summed E-state index contributed by atoms with van der Waals surface area (Å²) in [5.41, 5.74) is 1.26. The molecule has 0 aliphatic heterocycles. The number of rotatable bonds is 5. The number of nitrogens with zero attached hydrogens (tertiary/aromatic N) is 2. The molecule has 0 aliphatic carbocycles. The van der Waals surface area contributed by atoms with Crippen LogP contribution in [0.3, 0.4) is 0 Å². The molecular formula is C17H17ClN4O2. The number of H-pyrrole nitrogens is 1. The molecule has 0 fully saturated rings. The van der Waals surface area contributed by atoms with Crippen LogP contribution in [0.4, 0.5) is 0 Å². The van der Waals surface area contributed by atoms with Crippen LogP contribution in [-0.2, 0) is 7.05 Å². The number of imidazole rings is 1. The number of aromatic nitrogens is 3. The van der Waals surface area contributed by atoms with Crippen molar-refractivity contribution in [2.24, 2.45) is 7.05 Å². The van der Waals surface area contributed by atoms with Crippen LogP contribution in [0.2, 0.25) is 5.02 Å². The highest BCUT2D eigenvalue weighted by atomic mass is 35.5. The van der Waals surface area contributed by atoms with Crippen molar-refractivity contribution in [3.63, 3.8) is 0 Å². The lowest BCUT2D eigenvalue weighted by atomic mass is 10.1. The summed E-state index contributed by atoms with van der Waals surface area (Å²) in [7, 11) is 3.49. The monoisotopic (exact) mass is 344 g/mol. The lowest BCUT2D eigenvalue weighted by molar-refractivity contribution is 0.0936. The molecule has 0 spiro atoms. The number of ether oxygens (including phenoxy) is 1. The molecule has 0 saturated heterocycles. The van der Waals surface area contributed by atoms with E-state index >= 15 is 0 Å². The number of halogens is 1. The van der Waals surface area contributed by atoms with Crippen LogP contribution >= 0.6 is 11.6 Å². The van der Waals surface area contributed by atoms with Gasteiger partial charge < -0.3 is 19.6 Å². The van der Waals surface area contributed by atoms with E-state index < -0.39 is 6.04 Å². The fourth-order valence-electron chi connectivity index (χ4n) is 2.48. The van der Waals surface area contributed by atoms with Crippen molar-refractivity contribution in [3.05, 3.63) is 71.0 Å². The smallest absolute Gasteiger partial charge is 0.268 e. The van der Waals surface area contributed by atoms with Gasteiger partial charge in [-0.25, -0.2) is 4.98 Å². The van der Waals surface area contributed by atoms with Crippen LogP contribution < -0.4 is 10.1 Å². The number of aryl methyl sites for hydroxylation is 1. The van der Waals surface area contributed by atoms with E-state index in [1.165, 1.54) is 0 Å². The van der Waals surface area contributed by atoms with E-state index in [4.69, 9.17) is 16.3 Å². The Bertz CT molecular complexity index is 856. The van der Waals surface area contributed by atoms with Gasteiger partial charge >= 0.3 is 0 Å². The molecule has 0 aliphatic rings. The summed E-state index contributed by atoms with van der Waals surface area (Å²) in [6.07, 6.45) is 5.10. The first-order valence-electron chi connectivity index (χ1n) is 7.34. The number of hydrogen-bond donors (Lipinski definition) is 2. The number of methoxy groups -OCH3 is 1. The Kier molecular flexibility index (Phi) is 4.57. The van der Waals surface area contributed by atoms with E-state index in [1.807, 2.05) is 42.1 Å². The van der Waals surface area contributed by atoms with Gasteiger partial charge in [-0.1, -0.05) is 23.7 Å². The van der Waals surface area contributed by atoms with Crippen molar-refractivity contribution < 1.29 is 9.53 Å². The summed E-state index contributed by atoms with van der Waals surface area (Å²) < 4.78 is 7.15. The predicted molar refractivity (Wildman–Crippen MR) is 91.3 cm³/mol. The standard InChI is InChI=1S/C17H17ClN4O2/c1-22-7-6-19-16(22)15(11-4-3-5-13(8-11)24-2)21-17(23)14-9-12(18)10-20-14/h3-10,15,20H,1-2H3,(H,21,23)/t15-/m1/s1. The lowest BCUT2D eigenvalue weighted by Gasteiger charge is -2.19. The van der Waals surface area contributed by atoms with Crippen LogP contribution in [0.1, 0.15) is 27.9 Å². The number of hydrogen-bond acceptors (Lipinski definition) is 3. The first kappa shape index (κ1) is 16.1. The van der Waals surface area contributed by atoms with Crippen LogP contribution in [-0.4, -0.2) is 27.6 Å². The zero-order chi connectivity index (χ0) is 17.1. The SMILES string of the molecule is COc1cccc([C@@H](NC(=O)c2cc(Cl)c[nH]2)c2nccn2C)c1. The first-order valence-corrected chi connectivity index (χ1v) is 7.72. The van der Waals surface area contributed by atoms with Crippen molar-refractivity contribution in [1.82, 2.24) is 19.9 Å². The zero-order valence-electron chi connectivity index (χ0n) is 13.3. The topological polar surface area (TPSA) is 71.9 Å². The van der Waals surface area contributed by atoms with Gasteiger partial charge in [0.2, 0.25) is 0 Å². The summed E-state index contributed by atoms with van der Waals surface area (Å²) in [5.74, 6) is 1.16. The van der Waals surface area contributed by atoms with Crippen molar-refractivity contribution in [2.45, 2.75) is 6.04 Å². The Morgan fingerprint density at radius 3 is 2.88 bits per heavy atom. The van der Waals surface area contributed by atoms with Crippen LogP contribution in [0.5, 0.6) is 5.75 Å². The molecule has 6 nitrogen and oxygen atoms in total. The summed E-state index contributed by atoms with van der Waals surface area (Å²) in [6, 6.07) is 8.69. The molecule has 1 amide bonds. The summed E-state index contributed by atoms with van der Waals surface area (Å²) >= 11 is 5.88. The van der Waals surface area contributed by atoms with E-state index in [0.29, 0.717) is 22.3 Å². The van der Waals surface area contributed by atoms with Crippen molar-refractivity contribution in [2.75, 3.05) is 7.11 Å². The van der Waals surface area contributed by atoms with Crippen LogP contribution in [0.15, 0.2) is 48.9 Å². The molecule has 3 aromatic rings. The number of nitrogens with one attached hydrogen (secondary N) is 2. The third-order valence-electron chi connectivity index (χ3n) is 3.71. The average Bonchev–Trinajstić information content (AvgIpc) is 3.21. The minimum absolute atomic E-state index is 0.266. The molecule has 0 bridgehead atoms. The van der Waals surface area contributed by atoms with Gasteiger partial charge in [0.05, 0.1) is 12.1 Å². The second kappa shape index (κ2) is 6.80. The number of amides is 1. The van der Waals surface area contributed by atoms with E-state index in [9.17, 15) is 4.79 Å². The highest BCUT2D eigenvalue weighted by Gasteiger charge is 2.22. The highest BCUT2D eigenvalue weighted by Crippen LogP contribution is 2.24. The molecule has 0 radical (unpaired) electrons. The fraction of sp³-hybridized carbons (Fsp3) is 0.176. The number of aromatic amines is 1. The van der Waals surface area contributed by atoms with Crippen molar-refractivity contribution in [3.8, 4) is 5.75 Å². The van der Waals surface area contributed by atoms with Crippen molar-refractivity contribution in [1.29, 1.82) is 0 Å². The van der Waals surface area contributed by atoms with Gasteiger partial charge in [-0.15, -0.1) is 0 Å². The Labute approximate surface area is 144 Å². The van der Waals surface area contributed by atoms with E-state index in [2.05, 4.69) is 15.3 Å². The van der Waals surface area contributed by atoms with Gasteiger partial charge in [-0.2, -0.15) is 0 Å². The normalized spacial score (nSPS) is 12.0. The lowest BCUT2D eigenvalue weighted by Crippen LogP contribution is -2.31. The van der Waals surface area contributed by atoms with Gasteiger partial charge in [-0.3, -0.25) is 4.79 Å². The Hall–Kier alpha value is -2.73. The molecular weight excluding hydrogens is 328 g/mol. The molecule has 2 aromatic heterocycles. The van der Waals surface area contributed by atoms with E-state index in [0.717, 1.165) is 5.56 Å². The highest BCUT2D eigenvalue weighted by molar-refractivity contribution is 6.30. The van der Waals surface area contributed by atoms with Gasteiger partial charge in [-0.05, 0) is 23.8 Å². The average molecular weight is 345 g/mol. The second-order valence-electron chi connectivity index (χ2n) is 5.31. The third-order valence-corrected chi connectivity index (χ3v) is 3.93. The predicted octanol–water partition coefficient (Wildman–Crippen LogP) is 2.93. The van der Waals surface area contributed by atoms with Crippen molar-refractivity contribution >= 4 is 17.5 Å². The minimum atomic E-state index is -0.422. The fourth-order valence-corrected chi connectivity index (χ4v) is 2.64. The quantitative estimate of drug-likeness (QED) is 0.747. The maximum atomic E-state index is 12.5. The third kappa shape index (κ3) is 3.28. The van der Waals surface area contributed by atoms with Crippen LogP contribution in [0, 0.1) is 0 Å². The molecule has 3 rings (SSSR count). The second-order valence-corrected chi connectivity index (χ2v) is 5.75. The van der Waals surface area contributed by atoms with E-state index in [-0.39, 0.29) is 5.91 Å². The zero-order valence-corrected chi connectivity index (χ0v) is 14.0. The van der Waals surface area contributed by atoms with Gasteiger partial charge in [0.15, 0.2) is 0 Å². The molecule has 1 atom stereocenters. The maximum absolute atomic E-state index is 12.5. The molecule has 0 unspecified atom stereocenters. The number of benzene rings is 1. The van der Waals surface area contributed by atoms with Gasteiger partial charge in [0, 0.05) is 25.6 Å². The molecule has 2 heterocycles.